The highest BCUT2D eigenvalue weighted by atomic mass is 16.5. The molecule has 1 amide bonds. The van der Waals surface area contributed by atoms with Crippen LogP contribution in [0.5, 0.6) is 0 Å². The molecule has 21 heavy (non-hydrogen) atoms. The highest BCUT2D eigenvalue weighted by Crippen LogP contribution is 2.55. The Morgan fingerprint density at radius 2 is 2.24 bits per heavy atom. The Balaban J connectivity index is 1.93. The summed E-state index contributed by atoms with van der Waals surface area (Å²) >= 11 is 0. The molecule has 1 spiro atoms. The van der Waals surface area contributed by atoms with Crippen LogP contribution in [0.1, 0.15) is 24.8 Å². The SMILES string of the molecule is COC(=O)[C@H]1C[C@H]2CCCN2[C@]12C(=O)Nc1ccccc12. The molecular formula is C16H18N2O3. The fraction of sp³-hybridized carbons (Fsp3) is 0.500. The molecule has 4 rings (SSSR count). The largest absolute Gasteiger partial charge is 0.469 e. The Kier molecular flexibility index (Phi) is 2.63. The van der Waals surface area contributed by atoms with E-state index in [-0.39, 0.29) is 11.9 Å². The number of hydrogen-bond acceptors (Lipinski definition) is 4. The summed E-state index contributed by atoms with van der Waals surface area (Å²) in [4.78, 5) is 27.4. The number of rotatable bonds is 1. The van der Waals surface area contributed by atoms with E-state index in [9.17, 15) is 9.59 Å². The van der Waals surface area contributed by atoms with E-state index < -0.39 is 11.5 Å². The molecule has 2 saturated heterocycles. The molecule has 110 valence electrons. The van der Waals surface area contributed by atoms with Crippen molar-refractivity contribution in [1.29, 1.82) is 0 Å². The fourth-order valence-electron chi connectivity index (χ4n) is 4.49. The zero-order chi connectivity index (χ0) is 14.6. The Hall–Kier alpha value is -1.88. The van der Waals surface area contributed by atoms with Crippen molar-refractivity contribution in [2.45, 2.75) is 30.8 Å². The molecule has 0 aliphatic carbocycles. The number of esters is 1. The van der Waals surface area contributed by atoms with Crippen LogP contribution in [0.15, 0.2) is 24.3 Å². The van der Waals surface area contributed by atoms with Gasteiger partial charge in [0.1, 0.15) is 5.54 Å². The van der Waals surface area contributed by atoms with Gasteiger partial charge in [-0.1, -0.05) is 18.2 Å². The number of carbonyl (C=O) groups excluding carboxylic acids is 2. The van der Waals surface area contributed by atoms with E-state index in [0.29, 0.717) is 12.5 Å². The minimum atomic E-state index is -0.870. The third kappa shape index (κ3) is 1.44. The smallest absolute Gasteiger partial charge is 0.311 e. The van der Waals surface area contributed by atoms with E-state index in [1.54, 1.807) is 0 Å². The number of hydrogen-bond donors (Lipinski definition) is 1. The van der Waals surface area contributed by atoms with Gasteiger partial charge in [0.05, 0.1) is 13.0 Å². The molecule has 1 N–H and O–H groups in total. The van der Waals surface area contributed by atoms with Crippen LogP contribution in [0.2, 0.25) is 0 Å². The van der Waals surface area contributed by atoms with Gasteiger partial charge in [-0.2, -0.15) is 0 Å². The number of para-hydroxylation sites is 1. The van der Waals surface area contributed by atoms with Crippen molar-refractivity contribution in [2.75, 3.05) is 19.0 Å². The predicted octanol–water partition coefficient (Wildman–Crippen LogP) is 1.49. The monoisotopic (exact) mass is 286 g/mol. The molecule has 0 unspecified atom stereocenters. The number of ether oxygens (including phenoxy) is 1. The molecule has 1 aromatic rings. The maximum Gasteiger partial charge on any atom is 0.311 e. The molecule has 0 aromatic heterocycles. The molecule has 3 aliphatic rings. The lowest BCUT2D eigenvalue weighted by Crippen LogP contribution is -2.52. The minimum Gasteiger partial charge on any atom is -0.469 e. The lowest BCUT2D eigenvalue weighted by Gasteiger charge is -2.35. The van der Waals surface area contributed by atoms with Crippen LogP contribution in [-0.2, 0) is 19.9 Å². The van der Waals surface area contributed by atoms with Crippen LogP contribution >= 0.6 is 0 Å². The number of anilines is 1. The summed E-state index contributed by atoms with van der Waals surface area (Å²) in [6.07, 6.45) is 2.83. The second-order valence-corrected chi connectivity index (χ2v) is 6.07. The van der Waals surface area contributed by atoms with Crippen LogP contribution < -0.4 is 5.32 Å². The molecule has 1 aromatic carbocycles. The van der Waals surface area contributed by atoms with Gasteiger partial charge in [0.2, 0.25) is 0 Å². The second kappa shape index (κ2) is 4.31. The summed E-state index contributed by atoms with van der Waals surface area (Å²) < 4.78 is 5.00. The van der Waals surface area contributed by atoms with Crippen molar-refractivity contribution in [3.05, 3.63) is 29.8 Å². The number of methoxy groups -OCH3 is 1. The summed E-state index contributed by atoms with van der Waals surface area (Å²) in [7, 11) is 1.40. The van der Waals surface area contributed by atoms with Crippen molar-refractivity contribution in [1.82, 2.24) is 4.90 Å². The summed E-state index contributed by atoms with van der Waals surface area (Å²) in [6.45, 7) is 0.861. The molecule has 0 saturated carbocycles. The number of fused-ring (bicyclic) bond motifs is 4. The van der Waals surface area contributed by atoms with Gasteiger partial charge in [0, 0.05) is 17.3 Å². The summed E-state index contributed by atoms with van der Waals surface area (Å²) in [5.74, 6) is -0.781. The topological polar surface area (TPSA) is 58.6 Å². The molecule has 3 atom stereocenters. The van der Waals surface area contributed by atoms with Crippen LogP contribution in [0.25, 0.3) is 0 Å². The zero-order valence-corrected chi connectivity index (χ0v) is 12.0. The first kappa shape index (κ1) is 12.8. The van der Waals surface area contributed by atoms with E-state index in [2.05, 4.69) is 10.2 Å². The van der Waals surface area contributed by atoms with Crippen molar-refractivity contribution in [3.63, 3.8) is 0 Å². The van der Waals surface area contributed by atoms with Crippen LogP contribution in [0.4, 0.5) is 5.69 Å². The number of benzene rings is 1. The maximum atomic E-state index is 12.9. The molecule has 5 heteroatoms. The van der Waals surface area contributed by atoms with Crippen molar-refractivity contribution < 1.29 is 14.3 Å². The average Bonchev–Trinajstić information content (AvgIpc) is 3.13. The number of nitrogens with one attached hydrogen (secondary N) is 1. The molecule has 3 aliphatic heterocycles. The van der Waals surface area contributed by atoms with Gasteiger partial charge in [0.15, 0.2) is 0 Å². The normalized spacial score (nSPS) is 33.9. The van der Waals surface area contributed by atoms with Gasteiger partial charge in [-0.3, -0.25) is 14.5 Å². The minimum absolute atomic E-state index is 0.0801. The third-order valence-electron chi connectivity index (χ3n) is 5.26. The highest BCUT2D eigenvalue weighted by molar-refractivity contribution is 6.08. The number of carbonyl (C=O) groups is 2. The van der Waals surface area contributed by atoms with Gasteiger partial charge < -0.3 is 10.1 Å². The van der Waals surface area contributed by atoms with Crippen molar-refractivity contribution >= 4 is 17.6 Å². The predicted molar refractivity (Wildman–Crippen MR) is 76.6 cm³/mol. The maximum absolute atomic E-state index is 12.9. The first-order chi connectivity index (χ1) is 10.2. The van der Waals surface area contributed by atoms with Crippen LogP contribution in [0, 0.1) is 5.92 Å². The van der Waals surface area contributed by atoms with Gasteiger partial charge in [-0.15, -0.1) is 0 Å². The first-order valence-corrected chi connectivity index (χ1v) is 7.45. The summed E-state index contributed by atoms with van der Waals surface area (Å²) in [5.41, 5.74) is 0.879. The lowest BCUT2D eigenvalue weighted by molar-refractivity contribution is -0.152. The Labute approximate surface area is 123 Å². The average molecular weight is 286 g/mol. The first-order valence-electron chi connectivity index (χ1n) is 7.45. The van der Waals surface area contributed by atoms with Crippen molar-refractivity contribution in [2.24, 2.45) is 5.92 Å². The molecule has 2 fully saturated rings. The quantitative estimate of drug-likeness (QED) is 0.795. The fourth-order valence-corrected chi connectivity index (χ4v) is 4.49. The van der Waals surface area contributed by atoms with Gasteiger partial charge in [0.25, 0.3) is 5.91 Å². The zero-order valence-electron chi connectivity index (χ0n) is 12.0. The molecule has 0 bridgehead atoms. The Morgan fingerprint density at radius 3 is 3.05 bits per heavy atom. The Morgan fingerprint density at radius 1 is 1.43 bits per heavy atom. The van der Waals surface area contributed by atoms with E-state index in [1.165, 1.54) is 7.11 Å². The van der Waals surface area contributed by atoms with E-state index in [1.807, 2.05) is 24.3 Å². The molecule has 0 radical (unpaired) electrons. The van der Waals surface area contributed by atoms with Gasteiger partial charge >= 0.3 is 5.97 Å². The van der Waals surface area contributed by atoms with E-state index in [4.69, 9.17) is 4.74 Å². The number of nitrogens with zero attached hydrogens (tertiary/aromatic N) is 1. The standard InChI is InChI=1S/C16H18N2O3/c1-21-14(19)12-9-10-5-4-8-18(10)16(12)11-6-2-3-7-13(11)17-15(16)20/h2-3,6-7,10,12H,4-5,8-9H2,1H3,(H,17,20)/t10-,12-,16+/m1/s1. The van der Waals surface area contributed by atoms with Crippen LogP contribution in [-0.4, -0.2) is 36.5 Å². The summed E-state index contributed by atoms with van der Waals surface area (Å²) in [6, 6.07) is 8.00. The second-order valence-electron chi connectivity index (χ2n) is 6.07. The van der Waals surface area contributed by atoms with E-state index >= 15 is 0 Å². The van der Waals surface area contributed by atoms with Gasteiger partial charge in [-0.05, 0) is 31.9 Å². The van der Waals surface area contributed by atoms with Gasteiger partial charge in [-0.25, -0.2) is 0 Å². The molecule has 3 heterocycles. The van der Waals surface area contributed by atoms with Crippen molar-refractivity contribution in [3.8, 4) is 0 Å². The van der Waals surface area contributed by atoms with Crippen LogP contribution in [0.3, 0.4) is 0 Å². The number of amides is 1. The van der Waals surface area contributed by atoms with E-state index in [0.717, 1.165) is 30.6 Å². The molecule has 5 nitrogen and oxygen atoms in total. The molecular weight excluding hydrogens is 268 g/mol. The lowest BCUT2D eigenvalue weighted by atomic mass is 9.79. The third-order valence-corrected chi connectivity index (χ3v) is 5.26. The highest BCUT2D eigenvalue weighted by Gasteiger charge is 2.65. The summed E-state index contributed by atoms with van der Waals surface area (Å²) in [5, 5.41) is 2.96. The Bertz CT molecular complexity index is 630.